The highest BCUT2D eigenvalue weighted by Crippen LogP contribution is 2.37. The number of aromatic nitrogens is 1. The van der Waals surface area contributed by atoms with Crippen molar-refractivity contribution in [1.29, 1.82) is 0 Å². The van der Waals surface area contributed by atoms with Crippen LogP contribution in [0.3, 0.4) is 0 Å². The Bertz CT molecular complexity index is 1380. The van der Waals surface area contributed by atoms with Crippen LogP contribution in [-0.2, 0) is 25.4 Å². The smallest absolute Gasteiger partial charge is 0.385 e. The zero-order valence-electron chi connectivity index (χ0n) is 24.2. The number of nitrogens with two attached hydrogens (primary N) is 2. The Morgan fingerprint density at radius 3 is 2.16 bits per heavy atom. The van der Waals surface area contributed by atoms with Crippen LogP contribution >= 0.6 is 0 Å². The summed E-state index contributed by atoms with van der Waals surface area (Å²) in [6.07, 6.45) is -5.30. The van der Waals surface area contributed by atoms with Crippen molar-refractivity contribution in [2.75, 3.05) is 31.6 Å². The van der Waals surface area contributed by atoms with E-state index in [1.54, 1.807) is 4.90 Å². The second-order valence-electron chi connectivity index (χ2n) is 11.1. The summed E-state index contributed by atoms with van der Waals surface area (Å²) >= 11 is 0. The van der Waals surface area contributed by atoms with Crippen molar-refractivity contribution in [3.63, 3.8) is 0 Å². The first-order chi connectivity index (χ1) is 20.2. The molecule has 1 aliphatic rings. The number of hydrazine groups is 1. The quantitative estimate of drug-likeness (QED) is 0.0864. The molecule has 1 aliphatic carbocycles. The Balaban J connectivity index is 1.77. The van der Waals surface area contributed by atoms with Crippen molar-refractivity contribution in [1.82, 2.24) is 15.0 Å². The fourth-order valence-electron chi connectivity index (χ4n) is 5.65. The molecule has 0 atom stereocenters. The van der Waals surface area contributed by atoms with E-state index in [1.807, 2.05) is 37.3 Å². The zero-order chi connectivity index (χ0) is 31.4. The highest BCUT2D eigenvalue weighted by atomic mass is 19.4. The minimum atomic E-state index is -4.96. The van der Waals surface area contributed by atoms with E-state index in [-0.39, 0.29) is 37.1 Å². The van der Waals surface area contributed by atoms with E-state index in [2.05, 4.69) is 10.0 Å². The third-order valence-electron chi connectivity index (χ3n) is 7.53. The summed E-state index contributed by atoms with van der Waals surface area (Å²) in [5.41, 5.74) is 4.76. The number of pyridine rings is 1. The number of amidine groups is 1. The second kappa shape index (κ2) is 13.4. The zero-order valence-corrected chi connectivity index (χ0v) is 24.2. The third-order valence-corrected chi connectivity index (χ3v) is 7.53. The van der Waals surface area contributed by atoms with Gasteiger partial charge < -0.3 is 10.6 Å². The number of hydrogen-bond donors (Lipinski definition) is 2. The number of alkyl halides is 6. The van der Waals surface area contributed by atoms with E-state index in [4.69, 9.17) is 16.6 Å². The van der Waals surface area contributed by atoms with Crippen LogP contribution < -0.4 is 16.5 Å². The summed E-state index contributed by atoms with van der Waals surface area (Å²) in [4.78, 5) is 8.83. The van der Waals surface area contributed by atoms with Crippen molar-refractivity contribution in [2.24, 2.45) is 22.6 Å². The van der Waals surface area contributed by atoms with Gasteiger partial charge in [0.15, 0.2) is 0 Å². The number of hydrogen-bond acceptors (Lipinski definition) is 6. The number of nitrogens with zero attached hydrogens (tertiary/aromatic N) is 5. The molecule has 4 rings (SSSR count). The Morgan fingerprint density at radius 2 is 1.58 bits per heavy atom. The van der Waals surface area contributed by atoms with Crippen molar-refractivity contribution in [3.05, 3.63) is 70.8 Å². The maximum absolute atomic E-state index is 13.6. The number of halogens is 6. The molecule has 0 spiro atoms. The van der Waals surface area contributed by atoms with E-state index in [0.717, 1.165) is 58.9 Å². The monoisotopic (exact) mass is 609 g/mol. The van der Waals surface area contributed by atoms with Gasteiger partial charge in [0.05, 0.1) is 23.2 Å². The lowest BCUT2D eigenvalue weighted by molar-refractivity contribution is -0.143. The van der Waals surface area contributed by atoms with Gasteiger partial charge in [0, 0.05) is 44.2 Å². The average molecular weight is 610 g/mol. The Kier molecular flexibility index (Phi) is 10.1. The van der Waals surface area contributed by atoms with E-state index in [1.165, 1.54) is 19.9 Å². The van der Waals surface area contributed by atoms with Gasteiger partial charge in [0.25, 0.3) is 0 Å². The van der Waals surface area contributed by atoms with Crippen molar-refractivity contribution in [2.45, 2.75) is 58.0 Å². The summed E-state index contributed by atoms with van der Waals surface area (Å²) in [5.74, 6) is 6.90. The summed E-state index contributed by atoms with van der Waals surface area (Å²) in [7, 11) is 1.45. The highest BCUT2D eigenvalue weighted by Gasteiger charge is 2.37. The van der Waals surface area contributed by atoms with Gasteiger partial charge in [-0.1, -0.05) is 31.0 Å². The van der Waals surface area contributed by atoms with Crippen LogP contribution in [0.2, 0.25) is 0 Å². The van der Waals surface area contributed by atoms with E-state index in [9.17, 15) is 26.3 Å². The van der Waals surface area contributed by atoms with Crippen molar-refractivity contribution < 1.29 is 26.3 Å². The molecule has 13 heteroatoms. The number of rotatable bonds is 11. The van der Waals surface area contributed by atoms with Crippen LogP contribution in [-0.4, -0.2) is 47.5 Å². The molecule has 7 nitrogen and oxygen atoms in total. The third kappa shape index (κ3) is 8.73. The molecule has 4 N–H and O–H groups in total. The standard InChI is InChI=1S/C30H37F6N7/c1-3-43(17-20-8-4-5-9-20)28-23(14-22-10-6-7-11-26(22)39-28)18-42(19-27(37)40-41(2)38)16-21-12-24(29(31,32)33)15-25(13-21)30(34,35)36/h6-7,10-15,20H,3-5,8-9,16-19,38H2,1-2H3,(H2,37,40). The second-order valence-corrected chi connectivity index (χ2v) is 11.1. The number of hydrazone groups is 1. The lowest BCUT2D eigenvalue weighted by Crippen LogP contribution is -2.37. The van der Waals surface area contributed by atoms with Crippen LogP contribution in [0.15, 0.2) is 53.6 Å². The van der Waals surface area contributed by atoms with Gasteiger partial charge in [0.1, 0.15) is 11.7 Å². The maximum Gasteiger partial charge on any atom is 0.416 e. The van der Waals surface area contributed by atoms with Crippen LogP contribution in [0.5, 0.6) is 0 Å². The van der Waals surface area contributed by atoms with Gasteiger partial charge in [-0.2, -0.15) is 26.3 Å². The maximum atomic E-state index is 13.6. The average Bonchev–Trinajstić information content (AvgIpc) is 3.43. The lowest BCUT2D eigenvalue weighted by Gasteiger charge is -2.30. The van der Waals surface area contributed by atoms with Gasteiger partial charge >= 0.3 is 12.4 Å². The molecule has 0 saturated heterocycles. The van der Waals surface area contributed by atoms with Gasteiger partial charge in [-0.15, -0.1) is 5.10 Å². The molecular formula is C30H37F6N7. The van der Waals surface area contributed by atoms with E-state index in [0.29, 0.717) is 12.5 Å². The summed E-state index contributed by atoms with van der Waals surface area (Å²) in [6, 6.07) is 11.2. The van der Waals surface area contributed by atoms with Crippen LogP contribution in [0.4, 0.5) is 32.2 Å². The Hall–Kier alpha value is -3.58. The molecule has 0 bridgehead atoms. The van der Waals surface area contributed by atoms with Gasteiger partial charge in [-0.25, -0.2) is 15.9 Å². The van der Waals surface area contributed by atoms with Gasteiger partial charge in [0.2, 0.25) is 0 Å². The largest absolute Gasteiger partial charge is 0.416 e. The molecule has 0 aliphatic heterocycles. The van der Waals surface area contributed by atoms with E-state index >= 15 is 0 Å². The first kappa shape index (κ1) is 32.3. The number of anilines is 1. The van der Waals surface area contributed by atoms with Crippen molar-refractivity contribution >= 4 is 22.6 Å². The fraction of sp³-hybridized carbons (Fsp3) is 0.467. The molecule has 1 aromatic heterocycles. The molecule has 0 amide bonds. The fourth-order valence-corrected chi connectivity index (χ4v) is 5.65. The minimum absolute atomic E-state index is 0.0432. The summed E-state index contributed by atoms with van der Waals surface area (Å²) in [6.45, 7) is 3.32. The first-order valence-electron chi connectivity index (χ1n) is 14.2. The van der Waals surface area contributed by atoms with Crippen LogP contribution in [0, 0.1) is 5.92 Å². The molecule has 3 aromatic rings. The number of para-hydroxylation sites is 1. The Labute approximate surface area is 247 Å². The molecular weight excluding hydrogens is 572 g/mol. The topological polar surface area (TPSA) is 87.0 Å². The lowest BCUT2D eigenvalue weighted by atomic mass is 10.0. The molecule has 0 unspecified atom stereocenters. The minimum Gasteiger partial charge on any atom is -0.385 e. The van der Waals surface area contributed by atoms with Crippen LogP contribution in [0.1, 0.15) is 54.9 Å². The molecule has 2 aromatic carbocycles. The van der Waals surface area contributed by atoms with Gasteiger partial charge in [-0.3, -0.25) is 4.90 Å². The first-order valence-corrected chi connectivity index (χ1v) is 14.2. The molecule has 43 heavy (non-hydrogen) atoms. The van der Waals surface area contributed by atoms with Gasteiger partial charge in [-0.05, 0) is 61.6 Å². The SMILES string of the molecule is CCN(CC1CCCC1)c1nc2ccccc2cc1CN(C/C(N)=N/N(C)N)Cc1cc(C(F)(F)F)cc(C(F)(F)F)c1. The normalized spacial score (nSPS) is 15.1. The molecule has 0 radical (unpaired) electrons. The Morgan fingerprint density at radius 1 is 0.953 bits per heavy atom. The molecule has 1 fully saturated rings. The molecule has 1 saturated carbocycles. The van der Waals surface area contributed by atoms with Crippen LogP contribution in [0.25, 0.3) is 10.9 Å². The predicted octanol–water partition coefficient (Wildman–Crippen LogP) is 6.37. The highest BCUT2D eigenvalue weighted by molar-refractivity contribution is 5.83. The predicted molar refractivity (Wildman–Crippen MR) is 156 cm³/mol. The number of benzene rings is 2. The number of fused-ring (bicyclic) bond motifs is 1. The van der Waals surface area contributed by atoms with E-state index < -0.39 is 23.5 Å². The summed E-state index contributed by atoms with van der Waals surface area (Å²) in [5, 5.41) is 5.83. The molecule has 234 valence electrons. The van der Waals surface area contributed by atoms with Crippen molar-refractivity contribution in [3.8, 4) is 0 Å². The summed E-state index contributed by atoms with van der Waals surface area (Å²) < 4.78 is 81.7. The molecule has 1 heterocycles.